The van der Waals surface area contributed by atoms with Gasteiger partial charge in [0.1, 0.15) is 11.5 Å². The number of nitrogens with one attached hydrogen (secondary N) is 1. The van der Waals surface area contributed by atoms with Crippen molar-refractivity contribution in [2.45, 2.75) is 0 Å². The third kappa shape index (κ3) is 3.44. The first-order chi connectivity index (χ1) is 14.4. The van der Waals surface area contributed by atoms with Gasteiger partial charge < -0.3 is 4.74 Å². The molecule has 1 aliphatic rings. The molecule has 0 spiro atoms. The summed E-state index contributed by atoms with van der Waals surface area (Å²) in [6, 6.07) is 12.8. The normalized spacial score (nSPS) is 12.5. The van der Waals surface area contributed by atoms with Gasteiger partial charge in [0.15, 0.2) is 0 Å². The molecule has 0 atom stereocenters. The van der Waals surface area contributed by atoms with Crippen LogP contribution in [0.4, 0.5) is 5.69 Å². The summed E-state index contributed by atoms with van der Waals surface area (Å²) in [6.45, 7) is 0. The van der Waals surface area contributed by atoms with Gasteiger partial charge in [0, 0.05) is 18.5 Å². The number of nitrogens with zero attached hydrogens (tertiary/aromatic N) is 3. The minimum absolute atomic E-state index is 0.0365. The number of ether oxygens (including phenoxy) is 1. The molecular weight excluding hydrogens is 392 g/mol. The first-order valence-electron chi connectivity index (χ1n) is 8.60. The van der Waals surface area contributed by atoms with Crippen molar-refractivity contribution in [3.63, 3.8) is 0 Å². The fraction of sp³-hybridized carbons (Fsp3) is 0. The van der Waals surface area contributed by atoms with Crippen molar-refractivity contribution in [1.29, 1.82) is 0 Å². The molecule has 2 heterocycles. The fourth-order valence-corrected chi connectivity index (χ4v) is 2.84. The van der Waals surface area contributed by atoms with E-state index in [4.69, 9.17) is 4.74 Å². The number of imide groups is 1. The molecule has 0 unspecified atom stereocenters. The lowest BCUT2D eigenvalue weighted by molar-refractivity contribution is -0.384. The van der Waals surface area contributed by atoms with Crippen LogP contribution in [0.5, 0.6) is 11.5 Å². The Morgan fingerprint density at radius 1 is 1.00 bits per heavy atom. The van der Waals surface area contributed by atoms with Gasteiger partial charge in [0.25, 0.3) is 23.4 Å². The number of benzene rings is 2. The lowest BCUT2D eigenvalue weighted by atomic mass is 10.1. The maximum Gasteiger partial charge on any atom is 0.280 e. The molecule has 10 nitrogen and oxygen atoms in total. The van der Waals surface area contributed by atoms with Crippen molar-refractivity contribution < 1.29 is 24.0 Å². The van der Waals surface area contributed by atoms with E-state index in [0.29, 0.717) is 5.01 Å². The van der Waals surface area contributed by atoms with E-state index in [1.54, 1.807) is 6.07 Å². The minimum atomic E-state index is -0.725. The third-order valence-electron chi connectivity index (χ3n) is 4.26. The summed E-state index contributed by atoms with van der Waals surface area (Å²) in [5, 5.41) is 11.5. The average molecular weight is 404 g/mol. The molecule has 3 amide bonds. The Labute approximate surface area is 168 Å². The van der Waals surface area contributed by atoms with Crippen LogP contribution >= 0.6 is 0 Å². The smallest absolute Gasteiger partial charge is 0.280 e. The fourth-order valence-electron chi connectivity index (χ4n) is 2.84. The Hall–Kier alpha value is -4.60. The number of rotatable bonds is 5. The van der Waals surface area contributed by atoms with Gasteiger partial charge in [-0.05, 0) is 36.4 Å². The molecule has 1 N–H and O–H groups in total. The lowest BCUT2D eigenvalue weighted by Crippen LogP contribution is -2.45. The molecule has 2 aromatic carbocycles. The average Bonchev–Trinajstić information content (AvgIpc) is 2.99. The van der Waals surface area contributed by atoms with Crippen LogP contribution in [0.25, 0.3) is 0 Å². The Morgan fingerprint density at radius 3 is 2.50 bits per heavy atom. The van der Waals surface area contributed by atoms with Crippen molar-refractivity contribution in [1.82, 2.24) is 15.4 Å². The van der Waals surface area contributed by atoms with Crippen LogP contribution in [0, 0.1) is 10.1 Å². The SMILES string of the molecule is O=C(NN1C(=O)c2ccc(Oc3cccc([N+](=O)[O-])c3)cc2C1=O)c1cccnc1. The molecule has 0 bridgehead atoms. The maximum atomic E-state index is 12.7. The highest BCUT2D eigenvalue weighted by Crippen LogP contribution is 2.30. The molecule has 1 aromatic heterocycles. The minimum Gasteiger partial charge on any atom is -0.457 e. The number of nitro benzene ring substituents is 1. The van der Waals surface area contributed by atoms with Crippen molar-refractivity contribution in [3.05, 3.63) is 93.8 Å². The molecule has 10 heteroatoms. The molecule has 0 saturated carbocycles. The summed E-state index contributed by atoms with van der Waals surface area (Å²) in [7, 11) is 0. The van der Waals surface area contributed by atoms with E-state index in [0.717, 1.165) is 0 Å². The molecule has 148 valence electrons. The van der Waals surface area contributed by atoms with Crippen LogP contribution in [-0.4, -0.2) is 32.6 Å². The number of carbonyl (C=O) groups excluding carboxylic acids is 3. The number of hydrogen-bond donors (Lipinski definition) is 1. The lowest BCUT2D eigenvalue weighted by Gasteiger charge is -2.14. The van der Waals surface area contributed by atoms with E-state index in [1.165, 1.54) is 60.9 Å². The highest BCUT2D eigenvalue weighted by molar-refractivity contribution is 6.22. The Bertz CT molecular complexity index is 1190. The molecule has 1 aliphatic heterocycles. The third-order valence-corrected chi connectivity index (χ3v) is 4.26. The van der Waals surface area contributed by atoms with Gasteiger partial charge in [-0.2, -0.15) is 5.01 Å². The number of hydrazine groups is 1. The summed E-state index contributed by atoms with van der Waals surface area (Å²) in [5.41, 5.74) is 2.44. The molecule has 4 rings (SSSR count). The van der Waals surface area contributed by atoms with Crippen LogP contribution < -0.4 is 10.2 Å². The van der Waals surface area contributed by atoms with Crippen molar-refractivity contribution >= 4 is 23.4 Å². The number of carbonyl (C=O) groups is 3. The number of amides is 3. The zero-order valence-corrected chi connectivity index (χ0v) is 15.1. The van der Waals surface area contributed by atoms with E-state index >= 15 is 0 Å². The van der Waals surface area contributed by atoms with Crippen LogP contribution in [0.1, 0.15) is 31.1 Å². The number of aromatic nitrogens is 1. The summed E-state index contributed by atoms with van der Waals surface area (Å²) in [4.78, 5) is 51.6. The zero-order chi connectivity index (χ0) is 21.3. The maximum absolute atomic E-state index is 12.7. The quantitative estimate of drug-likeness (QED) is 0.393. The van der Waals surface area contributed by atoms with E-state index in [1.807, 2.05) is 0 Å². The first kappa shape index (κ1) is 18.7. The van der Waals surface area contributed by atoms with Crippen LogP contribution in [0.2, 0.25) is 0 Å². The first-order valence-corrected chi connectivity index (χ1v) is 8.60. The monoisotopic (exact) mass is 404 g/mol. The number of non-ortho nitro benzene ring substituents is 1. The summed E-state index contributed by atoms with van der Waals surface area (Å²) < 4.78 is 5.58. The Morgan fingerprint density at radius 2 is 1.77 bits per heavy atom. The number of hydrogen-bond acceptors (Lipinski definition) is 7. The second kappa shape index (κ2) is 7.43. The summed E-state index contributed by atoms with van der Waals surface area (Å²) >= 11 is 0. The van der Waals surface area contributed by atoms with E-state index in [-0.39, 0.29) is 33.9 Å². The number of nitro groups is 1. The van der Waals surface area contributed by atoms with Crippen LogP contribution in [-0.2, 0) is 0 Å². The largest absolute Gasteiger partial charge is 0.457 e. The molecule has 0 fully saturated rings. The topological polar surface area (TPSA) is 132 Å². The Kier molecular flexibility index (Phi) is 4.64. The molecule has 0 saturated heterocycles. The second-order valence-corrected chi connectivity index (χ2v) is 6.19. The standard InChI is InChI=1S/C20H12N4O6/c25-18(12-3-2-8-21-11-12)22-23-19(26)16-7-6-15(10-17(16)20(23)27)30-14-5-1-4-13(9-14)24(28)29/h1-11H,(H,22,25). The van der Waals surface area contributed by atoms with Gasteiger partial charge >= 0.3 is 0 Å². The van der Waals surface area contributed by atoms with Gasteiger partial charge in [0.05, 0.1) is 27.7 Å². The molecule has 0 aliphatic carbocycles. The van der Waals surface area contributed by atoms with E-state index < -0.39 is 22.6 Å². The van der Waals surface area contributed by atoms with E-state index in [9.17, 15) is 24.5 Å². The predicted octanol–water partition coefficient (Wildman–Crippen LogP) is 2.72. The van der Waals surface area contributed by atoms with E-state index in [2.05, 4.69) is 10.4 Å². The van der Waals surface area contributed by atoms with Crippen LogP contribution in [0.3, 0.4) is 0 Å². The molecule has 30 heavy (non-hydrogen) atoms. The molecule has 0 radical (unpaired) electrons. The summed E-state index contributed by atoms with van der Waals surface area (Å²) in [6.07, 6.45) is 2.79. The van der Waals surface area contributed by atoms with Gasteiger partial charge in [-0.3, -0.25) is 34.9 Å². The van der Waals surface area contributed by atoms with Gasteiger partial charge in [-0.15, -0.1) is 0 Å². The predicted molar refractivity (Wildman–Crippen MR) is 102 cm³/mol. The van der Waals surface area contributed by atoms with Crippen molar-refractivity contribution in [3.8, 4) is 11.5 Å². The zero-order valence-electron chi connectivity index (χ0n) is 15.1. The molecule has 3 aromatic rings. The molecular formula is C20H12N4O6. The summed E-state index contributed by atoms with van der Waals surface area (Å²) in [5.74, 6) is -1.67. The van der Waals surface area contributed by atoms with Crippen LogP contribution in [0.15, 0.2) is 67.0 Å². The van der Waals surface area contributed by atoms with Gasteiger partial charge in [-0.1, -0.05) is 6.07 Å². The van der Waals surface area contributed by atoms with Crippen molar-refractivity contribution in [2.24, 2.45) is 0 Å². The van der Waals surface area contributed by atoms with Gasteiger partial charge in [0.2, 0.25) is 0 Å². The highest BCUT2D eigenvalue weighted by atomic mass is 16.6. The second-order valence-electron chi connectivity index (χ2n) is 6.19. The highest BCUT2D eigenvalue weighted by Gasteiger charge is 2.37. The van der Waals surface area contributed by atoms with Gasteiger partial charge in [-0.25, -0.2) is 0 Å². The Balaban J connectivity index is 1.55. The number of fused-ring (bicyclic) bond motifs is 1. The van der Waals surface area contributed by atoms with Crippen molar-refractivity contribution in [2.75, 3.05) is 0 Å². The number of pyridine rings is 1.